The number of benzene rings is 2. The molecule has 2 heterocycles. The number of rotatable bonds is 3. The molecule has 1 aromatic heterocycles. The van der Waals surface area contributed by atoms with Crippen molar-refractivity contribution in [3.8, 4) is 11.3 Å². The summed E-state index contributed by atoms with van der Waals surface area (Å²) in [7, 11) is -3.69. The van der Waals surface area contributed by atoms with Gasteiger partial charge in [-0.3, -0.25) is 0 Å². The molecular formula is C19H15Cl2NO4S. The first-order chi connectivity index (χ1) is 12.8. The fraction of sp³-hybridized carbons (Fsp3) is 0.158. The van der Waals surface area contributed by atoms with Gasteiger partial charge in [0.05, 0.1) is 22.1 Å². The van der Waals surface area contributed by atoms with E-state index in [1.807, 2.05) is 0 Å². The van der Waals surface area contributed by atoms with Gasteiger partial charge < -0.3 is 9.52 Å². The van der Waals surface area contributed by atoms with Crippen molar-refractivity contribution in [2.45, 2.75) is 23.5 Å². The number of sulfonamides is 1. The Hall–Kier alpha value is -1.83. The number of furan rings is 1. The van der Waals surface area contributed by atoms with E-state index in [4.69, 9.17) is 27.6 Å². The molecule has 27 heavy (non-hydrogen) atoms. The molecule has 0 fully saturated rings. The molecular weight excluding hydrogens is 409 g/mol. The summed E-state index contributed by atoms with van der Waals surface area (Å²) in [6.07, 6.45) is -0.791. The average Bonchev–Trinajstić information content (AvgIpc) is 3.10. The molecule has 140 valence electrons. The molecule has 0 radical (unpaired) electrons. The summed E-state index contributed by atoms with van der Waals surface area (Å²) in [5.74, 6) is 1.04. The van der Waals surface area contributed by atoms with E-state index in [0.717, 1.165) is 0 Å². The zero-order valence-electron chi connectivity index (χ0n) is 13.9. The van der Waals surface area contributed by atoms with Gasteiger partial charge in [0.15, 0.2) is 0 Å². The first-order valence-corrected chi connectivity index (χ1v) is 10.4. The van der Waals surface area contributed by atoms with E-state index in [9.17, 15) is 13.5 Å². The highest BCUT2D eigenvalue weighted by Crippen LogP contribution is 2.34. The van der Waals surface area contributed by atoms with Crippen molar-refractivity contribution in [2.75, 3.05) is 0 Å². The second-order valence-corrected chi connectivity index (χ2v) is 8.83. The predicted octanol–water partition coefficient (Wildman–Crippen LogP) is 4.19. The van der Waals surface area contributed by atoms with Crippen molar-refractivity contribution in [1.29, 1.82) is 0 Å². The van der Waals surface area contributed by atoms with Gasteiger partial charge in [0, 0.05) is 22.6 Å². The highest BCUT2D eigenvalue weighted by atomic mass is 35.5. The van der Waals surface area contributed by atoms with Crippen LogP contribution in [0, 0.1) is 0 Å². The second-order valence-electron chi connectivity index (χ2n) is 6.30. The summed E-state index contributed by atoms with van der Waals surface area (Å²) in [4.78, 5) is 0.0968. The molecule has 0 bridgehead atoms. The summed E-state index contributed by atoms with van der Waals surface area (Å²) in [5.41, 5.74) is 1.02. The highest BCUT2D eigenvalue weighted by Gasteiger charge is 2.36. The van der Waals surface area contributed by atoms with Crippen LogP contribution in [-0.4, -0.2) is 19.6 Å². The van der Waals surface area contributed by atoms with E-state index in [1.165, 1.54) is 6.07 Å². The molecule has 8 heteroatoms. The second kappa shape index (κ2) is 6.96. The first kappa shape index (κ1) is 18.5. The summed E-state index contributed by atoms with van der Waals surface area (Å²) < 4.78 is 33.2. The molecule has 3 aromatic rings. The van der Waals surface area contributed by atoms with Gasteiger partial charge in [-0.15, -0.1) is 0 Å². The molecule has 0 spiro atoms. The van der Waals surface area contributed by atoms with Crippen LogP contribution in [0.2, 0.25) is 10.0 Å². The molecule has 0 saturated heterocycles. The molecule has 0 amide bonds. The van der Waals surface area contributed by atoms with E-state index in [-0.39, 0.29) is 11.3 Å². The minimum atomic E-state index is -3.69. The van der Waals surface area contributed by atoms with Crippen molar-refractivity contribution in [3.63, 3.8) is 0 Å². The van der Waals surface area contributed by atoms with Crippen LogP contribution in [0.25, 0.3) is 11.3 Å². The maximum atomic E-state index is 12.4. The van der Waals surface area contributed by atoms with E-state index in [1.54, 1.807) is 48.5 Å². The predicted molar refractivity (Wildman–Crippen MR) is 103 cm³/mol. The number of nitrogens with one attached hydrogen (secondary N) is 1. The van der Waals surface area contributed by atoms with Gasteiger partial charge in [-0.05, 0) is 36.4 Å². The van der Waals surface area contributed by atoms with E-state index in [2.05, 4.69) is 4.72 Å². The van der Waals surface area contributed by atoms with Gasteiger partial charge in [0.25, 0.3) is 0 Å². The number of aliphatic hydroxyl groups excluding tert-OH is 1. The Morgan fingerprint density at radius 2 is 1.85 bits per heavy atom. The van der Waals surface area contributed by atoms with Crippen LogP contribution in [0.1, 0.15) is 17.4 Å². The molecule has 2 N–H and O–H groups in total. The molecule has 0 aliphatic carbocycles. The minimum Gasteiger partial charge on any atom is -0.461 e. The Balaban J connectivity index is 1.62. The quantitative estimate of drug-likeness (QED) is 0.661. The Labute approximate surface area is 166 Å². The largest absolute Gasteiger partial charge is 0.461 e. The number of hydrogen-bond acceptors (Lipinski definition) is 4. The molecule has 0 saturated carbocycles. The molecule has 2 atom stereocenters. The Morgan fingerprint density at radius 3 is 2.67 bits per heavy atom. The lowest BCUT2D eigenvalue weighted by Crippen LogP contribution is -2.45. The van der Waals surface area contributed by atoms with Crippen LogP contribution >= 0.6 is 23.2 Å². The van der Waals surface area contributed by atoms with Crippen LogP contribution in [0.3, 0.4) is 0 Å². The van der Waals surface area contributed by atoms with Crippen molar-refractivity contribution in [3.05, 3.63) is 76.0 Å². The third-order valence-corrected chi connectivity index (χ3v) is 6.62. The van der Waals surface area contributed by atoms with E-state index < -0.39 is 22.2 Å². The Kier molecular flexibility index (Phi) is 4.78. The lowest BCUT2D eigenvalue weighted by molar-refractivity contribution is 0.129. The minimum absolute atomic E-state index is 0.0968. The van der Waals surface area contributed by atoms with Gasteiger partial charge in [-0.25, -0.2) is 13.1 Å². The zero-order valence-corrected chi connectivity index (χ0v) is 16.2. The first-order valence-electron chi connectivity index (χ1n) is 8.18. The average molecular weight is 424 g/mol. The van der Waals surface area contributed by atoms with Crippen LogP contribution in [0.15, 0.2) is 63.9 Å². The summed E-state index contributed by atoms with van der Waals surface area (Å²) in [6, 6.07) is 14.2. The molecule has 1 aliphatic rings. The van der Waals surface area contributed by atoms with Crippen molar-refractivity contribution < 1.29 is 17.9 Å². The van der Waals surface area contributed by atoms with Gasteiger partial charge in [-0.1, -0.05) is 41.4 Å². The van der Waals surface area contributed by atoms with Gasteiger partial charge in [0.2, 0.25) is 10.0 Å². The zero-order chi connectivity index (χ0) is 19.2. The van der Waals surface area contributed by atoms with Gasteiger partial charge >= 0.3 is 0 Å². The molecule has 5 nitrogen and oxygen atoms in total. The summed E-state index contributed by atoms with van der Waals surface area (Å²) in [6.45, 7) is 0. The van der Waals surface area contributed by atoms with Gasteiger partial charge in [-0.2, -0.15) is 0 Å². The molecule has 0 unspecified atom stereocenters. The molecule has 2 aromatic carbocycles. The maximum Gasteiger partial charge on any atom is 0.241 e. The monoisotopic (exact) mass is 423 g/mol. The van der Waals surface area contributed by atoms with Crippen LogP contribution in [0.4, 0.5) is 0 Å². The topological polar surface area (TPSA) is 79.5 Å². The van der Waals surface area contributed by atoms with Crippen LogP contribution in [-0.2, 0) is 16.4 Å². The lowest BCUT2D eigenvalue weighted by atomic mass is 9.99. The van der Waals surface area contributed by atoms with E-state index >= 15 is 0 Å². The fourth-order valence-electron chi connectivity index (χ4n) is 3.20. The van der Waals surface area contributed by atoms with Crippen molar-refractivity contribution in [1.82, 2.24) is 4.72 Å². The Bertz CT molecular complexity index is 1110. The third-order valence-electron chi connectivity index (χ3n) is 4.49. The standard InChI is InChI=1S/C19H15Cl2NO4S/c20-11-5-7-15(21)14(9-11)17-8-6-12(26-17)10-16-19(23)13-3-1-2-4-18(13)27(24,25)22-16/h1-9,16,19,22-23H,10H2/t16-,19+/m0/s1. The van der Waals surface area contributed by atoms with Crippen molar-refractivity contribution in [2.24, 2.45) is 0 Å². The number of halogens is 2. The normalized spacial score (nSPS) is 21.0. The lowest BCUT2D eigenvalue weighted by Gasteiger charge is -2.30. The number of fused-ring (bicyclic) bond motifs is 1. The number of aliphatic hydroxyl groups is 1. The summed E-state index contributed by atoms with van der Waals surface area (Å²) in [5, 5.41) is 11.6. The van der Waals surface area contributed by atoms with Crippen LogP contribution < -0.4 is 4.72 Å². The highest BCUT2D eigenvalue weighted by molar-refractivity contribution is 7.89. The van der Waals surface area contributed by atoms with Crippen molar-refractivity contribution >= 4 is 33.2 Å². The smallest absolute Gasteiger partial charge is 0.241 e. The SMILES string of the molecule is O=S1(=O)N[C@@H](Cc2ccc(-c3cc(Cl)ccc3Cl)o2)[C@H](O)c2ccccc21. The Morgan fingerprint density at radius 1 is 1.07 bits per heavy atom. The van der Waals surface area contributed by atoms with E-state index in [0.29, 0.717) is 32.7 Å². The maximum absolute atomic E-state index is 12.4. The third kappa shape index (κ3) is 3.51. The van der Waals surface area contributed by atoms with Gasteiger partial charge in [0.1, 0.15) is 11.5 Å². The fourth-order valence-corrected chi connectivity index (χ4v) is 5.08. The van der Waals surface area contributed by atoms with Crippen LogP contribution in [0.5, 0.6) is 0 Å². The molecule has 4 rings (SSSR count). The summed E-state index contributed by atoms with van der Waals surface area (Å²) >= 11 is 12.2. The number of hydrogen-bond donors (Lipinski definition) is 2. The molecule has 1 aliphatic heterocycles.